The molecular weight excluding hydrogens is 171 g/mol. The van der Waals surface area contributed by atoms with E-state index in [9.17, 15) is 4.39 Å². The number of hydrogen-bond acceptors (Lipinski definition) is 2. The fraction of sp³-hybridized carbons (Fsp3) is 0.400. The van der Waals surface area contributed by atoms with Crippen molar-refractivity contribution in [2.24, 2.45) is 5.92 Å². The summed E-state index contributed by atoms with van der Waals surface area (Å²) < 4.78 is 12.5. The average molecular weight is 182 g/mol. The van der Waals surface area contributed by atoms with E-state index in [4.69, 9.17) is 10.2 Å². The Labute approximate surface area is 75.6 Å². The molecule has 2 N–H and O–H groups in total. The van der Waals surface area contributed by atoms with Gasteiger partial charge < -0.3 is 10.2 Å². The lowest BCUT2D eigenvalue weighted by molar-refractivity contribution is -0.0577. The molecule has 1 aromatic rings. The first-order chi connectivity index (χ1) is 6.18. The van der Waals surface area contributed by atoms with Gasteiger partial charge in [0.2, 0.25) is 0 Å². The highest BCUT2D eigenvalue weighted by Gasteiger charge is 2.42. The third-order valence-corrected chi connectivity index (χ3v) is 2.52. The van der Waals surface area contributed by atoms with Crippen molar-refractivity contribution in [2.75, 3.05) is 0 Å². The molecule has 0 aromatic heterocycles. The van der Waals surface area contributed by atoms with Crippen LogP contribution < -0.4 is 0 Å². The normalized spacial score (nSPS) is 26.5. The summed E-state index contributed by atoms with van der Waals surface area (Å²) >= 11 is 0. The van der Waals surface area contributed by atoms with Gasteiger partial charge in [-0.15, -0.1) is 0 Å². The zero-order chi connectivity index (χ0) is 9.42. The zero-order valence-electron chi connectivity index (χ0n) is 7.02. The molecule has 0 amide bonds. The van der Waals surface area contributed by atoms with Crippen LogP contribution in [0, 0.1) is 11.7 Å². The van der Waals surface area contributed by atoms with Gasteiger partial charge in [0.05, 0.1) is 0 Å². The molecule has 1 aliphatic rings. The Hall–Kier alpha value is -0.930. The van der Waals surface area contributed by atoms with Crippen molar-refractivity contribution in [1.82, 2.24) is 0 Å². The predicted octanol–water partition coefficient (Wildman–Crippen LogP) is 1.24. The van der Waals surface area contributed by atoms with Gasteiger partial charge in [0.1, 0.15) is 5.82 Å². The van der Waals surface area contributed by atoms with Gasteiger partial charge in [-0.2, -0.15) is 0 Å². The van der Waals surface area contributed by atoms with Crippen LogP contribution in [0.3, 0.4) is 0 Å². The van der Waals surface area contributed by atoms with E-state index in [-0.39, 0.29) is 17.7 Å². The summed E-state index contributed by atoms with van der Waals surface area (Å²) in [6, 6.07) is 6.19. The maximum absolute atomic E-state index is 12.5. The van der Waals surface area contributed by atoms with E-state index >= 15 is 0 Å². The maximum atomic E-state index is 12.5. The number of hydrogen-bond donors (Lipinski definition) is 2. The number of rotatable bonds is 2. The lowest BCUT2D eigenvalue weighted by Crippen LogP contribution is -2.07. The van der Waals surface area contributed by atoms with Crippen molar-refractivity contribution in [3.05, 3.63) is 35.6 Å². The molecule has 0 unspecified atom stereocenters. The number of halogens is 1. The zero-order valence-corrected chi connectivity index (χ0v) is 7.02. The summed E-state index contributed by atoms with van der Waals surface area (Å²) in [4.78, 5) is 0. The minimum atomic E-state index is -1.24. The number of aliphatic hydroxyl groups excluding tert-OH is 1. The van der Waals surface area contributed by atoms with E-state index in [1.165, 1.54) is 12.1 Å². The van der Waals surface area contributed by atoms with E-state index in [0.29, 0.717) is 0 Å². The summed E-state index contributed by atoms with van der Waals surface area (Å²) in [7, 11) is 0. The molecule has 13 heavy (non-hydrogen) atoms. The van der Waals surface area contributed by atoms with Gasteiger partial charge in [-0.1, -0.05) is 12.1 Å². The van der Waals surface area contributed by atoms with E-state index < -0.39 is 6.29 Å². The monoisotopic (exact) mass is 182 g/mol. The van der Waals surface area contributed by atoms with Crippen LogP contribution in [0.1, 0.15) is 17.9 Å². The van der Waals surface area contributed by atoms with E-state index in [0.717, 1.165) is 12.0 Å². The van der Waals surface area contributed by atoms with Gasteiger partial charge in [-0.05, 0) is 30.0 Å². The lowest BCUT2D eigenvalue weighted by Gasteiger charge is -2.01. The van der Waals surface area contributed by atoms with Crippen LogP contribution in [0.4, 0.5) is 4.39 Å². The van der Waals surface area contributed by atoms with Crippen LogP contribution in [0.5, 0.6) is 0 Å². The molecule has 3 heteroatoms. The second kappa shape index (κ2) is 3.09. The molecule has 2 rings (SSSR count). The molecule has 0 bridgehead atoms. The number of benzene rings is 1. The topological polar surface area (TPSA) is 40.5 Å². The Morgan fingerprint density at radius 1 is 1.23 bits per heavy atom. The van der Waals surface area contributed by atoms with Crippen molar-refractivity contribution in [3.63, 3.8) is 0 Å². The SMILES string of the molecule is OC(O)[C@@H]1C[C@H]1c1ccc(F)cc1. The summed E-state index contributed by atoms with van der Waals surface area (Å²) in [6.07, 6.45) is -0.460. The first-order valence-corrected chi connectivity index (χ1v) is 4.30. The molecule has 70 valence electrons. The molecule has 1 aliphatic carbocycles. The Bertz CT molecular complexity index is 294. The molecule has 0 aliphatic heterocycles. The third kappa shape index (κ3) is 1.71. The average Bonchev–Trinajstić information content (AvgIpc) is 2.85. The van der Waals surface area contributed by atoms with Gasteiger partial charge in [0, 0.05) is 5.92 Å². The standard InChI is InChI=1S/C10H11FO2/c11-7-3-1-6(2-4-7)8-5-9(8)10(12)13/h1-4,8-10,12-13H,5H2/t8-,9+/m0/s1. The first kappa shape index (κ1) is 8.66. The van der Waals surface area contributed by atoms with Crippen molar-refractivity contribution in [2.45, 2.75) is 18.6 Å². The van der Waals surface area contributed by atoms with Crippen molar-refractivity contribution < 1.29 is 14.6 Å². The Kier molecular flexibility index (Phi) is 2.06. The molecule has 2 atom stereocenters. The maximum Gasteiger partial charge on any atom is 0.154 e. The van der Waals surface area contributed by atoms with E-state index in [1.807, 2.05) is 0 Å². The van der Waals surface area contributed by atoms with Gasteiger partial charge in [-0.25, -0.2) is 4.39 Å². The summed E-state index contributed by atoms with van der Waals surface area (Å²) in [5.74, 6) is -0.128. The van der Waals surface area contributed by atoms with E-state index in [2.05, 4.69) is 0 Å². The van der Waals surface area contributed by atoms with Crippen LogP contribution in [0.25, 0.3) is 0 Å². The van der Waals surface area contributed by atoms with Crippen LogP contribution in [-0.2, 0) is 0 Å². The van der Waals surface area contributed by atoms with Crippen LogP contribution in [0.2, 0.25) is 0 Å². The van der Waals surface area contributed by atoms with Crippen LogP contribution >= 0.6 is 0 Å². The smallest absolute Gasteiger partial charge is 0.154 e. The second-order valence-corrected chi connectivity index (χ2v) is 3.47. The molecule has 1 fully saturated rings. The van der Waals surface area contributed by atoms with Crippen molar-refractivity contribution >= 4 is 0 Å². The molecule has 0 radical (unpaired) electrons. The van der Waals surface area contributed by atoms with Gasteiger partial charge in [-0.3, -0.25) is 0 Å². The fourth-order valence-electron chi connectivity index (χ4n) is 1.64. The Morgan fingerprint density at radius 2 is 1.85 bits per heavy atom. The largest absolute Gasteiger partial charge is 0.368 e. The summed E-state index contributed by atoms with van der Waals surface area (Å²) in [6.45, 7) is 0. The second-order valence-electron chi connectivity index (χ2n) is 3.47. The molecule has 0 heterocycles. The molecule has 0 saturated heterocycles. The third-order valence-electron chi connectivity index (χ3n) is 2.52. The Morgan fingerprint density at radius 3 is 2.31 bits per heavy atom. The minimum Gasteiger partial charge on any atom is -0.368 e. The molecule has 0 spiro atoms. The predicted molar refractivity (Wildman–Crippen MR) is 45.5 cm³/mol. The van der Waals surface area contributed by atoms with E-state index in [1.54, 1.807) is 12.1 Å². The van der Waals surface area contributed by atoms with Gasteiger partial charge >= 0.3 is 0 Å². The first-order valence-electron chi connectivity index (χ1n) is 4.30. The minimum absolute atomic E-state index is 0.0644. The molecule has 1 aromatic carbocycles. The highest BCUT2D eigenvalue weighted by molar-refractivity contribution is 5.26. The molecule has 2 nitrogen and oxygen atoms in total. The highest BCUT2D eigenvalue weighted by Crippen LogP contribution is 2.48. The van der Waals surface area contributed by atoms with Crippen molar-refractivity contribution in [3.8, 4) is 0 Å². The molecular formula is C10H11FO2. The van der Waals surface area contributed by atoms with Crippen LogP contribution in [-0.4, -0.2) is 16.5 Å². The molecule has 1 saturated carbocycles. The fourth-order valence-corrected chi connectivity index (χ4v) is 1.64. The van der Waals surface area contributed by atoms with Crippen LogP contribution in [0.15, 0.2) is 24.3 Å². The summed E-state index contributed by atoms with van der Waals surface area (Å²) in [5, 5.41) is 17.7. The quantitative estimate of drug-likeness (QED) is 0.675. The van der Waals surface area contributed by atoms with Crippen molar-refractivity contribution in [1.29, 1.82) is 0 Å². The number of aliphatic hydroxyl groups is 2. The van der Waals surface area contributed by atoms with Gasteiger partial charge in [0.15, 0.2) is 6.29 Å². The highest BCUT2D eigenvalue weighted by atomic mass is 19.1. The summed E-state index contributed by atoms with van der Waals surface area (Å²) in [5.41, 5.74) is 0.986. The lowest BCUT2D eigenvalue weighted by atomic mass is 10.1. The van der Waals surface area contributed by atoms with Gasteiger partial charge in [0.25, 0.3) is 0 Å². The Balaban J connectivity index is 2.08.